The molecule has 1 aliphatic rings. The third-order valence-electron chi connectivity index (χ3n) is 5.32. The average Bonchev–Trinajstić information content (AvgIpc) is 3.45. The smallest absolute Gasteiger partial charge is 0.263 e. The van der Waals surface area contributed by atoms with Crippen molar-refractivity contribution in [2.75, 3.05) is 19.6 Å². The summed E-state index contributed by atoms with van der Waals surface area (Å²) in [7, 11) is 1.84. The summed E-state index contributed by atoms with van der Waals surface area (Å²) in [6.45, 7) is 3.81. The van der Waals surface area contributed by atoms with Crippen molar-refractivity contribution in [2.45, 2.75) is 25.8 Å². The number of aryl methyl sites for hydroxylation is 2. The van der Waals surface area contributed by atoms with E-state index >= 15 is 0 Å². The molecule has 0 radical (unpaired) electrons. The number of rotatable bonds is 6. The molecule has 3 heterocycles. The summed E-state index contributed by atoms with van der Waals surface area (Å²) in [4.78, 5) is 20.2. The number of hydrogen-bond donors (Lipinski definition) is 1. The molecule has 1 atom stereocenters. The Morgan fingerprint density at radius 1 is 1.37 bits per heavy atom. The van der Waals surface area contributed by atoms with Crippen LogP contribution in [0.5, 0.6) is 0 Å². The van der Waals surface area contributed by atoms with E-state index in [1.807, 2.05) is 20.2 Å². The van der Waals surface area contributed by atoms with Gasteiger partial charge in [-0.3, -0.25) is 14.4 Å². The van der Waals surface area contributed by atoms with E-state index in [9.17, 15) is 9.18 Å². The first kappa shape index (κ1) is 21.0. The Labute approximate surface area is 183 Å². The summed E-state index contributed by atoms with van der Waals surface area (Å²) in [6.07, 6.45) is 5.70. The van der Waals surface area contributed by atoms with E-state index in [4.69, 9.17) is 11.6 Å². The van der Waals surface area contributed by atoms with Gasteiger partial charge in [0.05, 0.1) is 17.9 Å². The van der Waals surface area contributed by atoms with Crippen LogP contribution in [0, 0.1) is 12.7 Å². The van der Waals surface area contributed by atoms with Gasteiger partial charge in [0, 0.05) is 35.9 Å². The number of amides is 1. The largest absolute Gasteiger partial charge is 0.349 e. The van der Waals surface area contributed by atoms with Crippen LogP contribution in [0.4, 0.5) is 4.39 Å². The van der Waals surface area contributed by atoms with E-state index in [-0.39, 0.29) is 24.3 Å². The zero-order valence-electron chi connectivity index (χ0n) is 16.9. The Balaban J connectivity index is 1.54. The molecule has 3 aromatic rings. The predicted octanol–water partition coefficient (Wildman–Crippen LogP) is 4.21. The SMILES string of the molecule is Cc1nc(-c2cnn(C)c2)sc1C(=O)NCC(c1c(F)cccc1Cl)N1CCCC1. The Hall–Kier alpha value is -2.29. The number of carbonyl (C=O) groups excluding carboxylic acids is 1. The minimum Gasteiger partial charge on any atom is -0.349 e. The van der Waals surface area contributed by atoms with Crippen molar-refractivity contribution < 1.29 is 9.18 Å². The Morgan fingerprint density at radius 2 is 2.13 bits per heavy atom. The lowest BCUT2D eigenvalue weighted by molar-refractivity contribution is 0.0940. The molecule has 1 saturated heterocycles. The van der Waals surface area contributed by atoms with Crippen LogP contribution in [0.25, 0.3) is 10.6 Å². The highest BCUT2D eigenvalue weighted by Gasteiger charge is 2.28. The maximum Gasteiger partial charge on any atom is 0.263 e. The second-order valence-corrected chi connectivity index (χ2v) is 8.85. The van der Waals surface area contributed by atoms with Crippen molar-refractivity contribution in [1.82, 2.24) is 25.0 Å². The molecule has 1 amide bonds. The summed E-state index contributed by atoms with van der Waals surface area (Å²) >= 11 is 7.67. The van der Waals surface area contributed by atoms with Gasteiger partial charge in [-0.2, -0.15) is 5.10 Å². The van der Waals surface area contributed by atoms with Gasteiger partial charge in [0.15, 0.2) is 0 Å². The summed E-state index contributed by atoms with van der Waals surface area (Å²) < 4.78 is 16.3. The highest BCUT2D eigenvalue weighted by molar-refractivity contribution is 7.17. The van der Waals surface area contributed by atoms with Crippen LogP contribution in [0.15, 0.2) is 30.6 Å². The summed E-state index contributed by atoms with van der Waals surface area (Å²) in [6, 6.07) is 4.40. The fourth-order valence-corrected chi connectivity index (χ4v) is 5.07. The van der Waals surface area contributed by atoms with Gasteiger partial charge in [0.2, 0.25) is 0 Å². The Bertz CT molecular complexity index is 1040. The molecule has 1 aliphatic heterocycles. The van der Waals surface area contributed by atoms with Gasteiger partial charge in [-0.25, -0.2) is 9.37 Å². The monoisotopic (exact) mass is 447 g/mol. The van der Waals surface area contributed by atoms with Crippen LogP contribution < -0.4 is 5.32 Å². The molecule has 0 bridgehead atoms. The number of hydrogen-bond acceptors (Lipinski definition) is 5. The van der Waals surface area contributed by atoms with E-state index < -0.39 is 0 Å². The molecule has 1 aromatic carbocycles. The zero-order chi connectivity index (χ0) is 21.3. The van der Waals surface area contributed by atoms with Crippen LogP contribution in [0.1, 0.15) is 39.8 Å². The second kappa shape index (κ2) is 8.83. The Morgan fingerprint density at radius 3 is 2.80 bits per heavy atom. The molecule has 2 aromatic heterocycles. The number of carbonyl (C=O) groups is 1. The molecule has 0 spiro atoms. The van der Waals surface area contributed by atoms with E-state index in [0.717, 1.165) is 36.5 Å². The summed E-state index contributed by atoms with van der Waals surface area (Å²) in [5.41, 5.74) is 1.98. The normalized spacial score (nSPS) is 15.5. The quantitative estimate of drug-likeness (QED) is 0.614. The second-order valence-electron chi connectivity index (χ2n) is 7.44. The molecule has 9 heteroatoms. The lowest BCUT2D eigenvalue weighted by atomic mass is 10.0. The molecule has 1 fully saturated rings. The zero-order valence-corrected chi connectivity index (χ0v) is 18.4. The van der Waals surface area contributed by atoms with Crippen molar-refractivity contribution in [3.63, 3.8) is 0 Å². The van der Waals surface area contributed by atoms with Crippen LogP contribution in [-0.2, 0) is 7.05 Å². The number of aromatic nitrogens is 3. The topological polar surface area (TPSA) is 63.1 Å². The lowest BCUT2D eigenvalue weighted by Crippen LogP contribution is -2.37. The molecule has 4 rings (SSSR count). The fraction of sp³-hybridized carbons (Fsp3) is 0.381. The minimum atomic E-state index is -0.346. The number of nitrogens with one attached hydrogen (secondary N) is 1. The molecule has 0 saturated carbocycles. The fourth-order valence-electron chi connectivity index (χ4n) is 3.83. The number of halogens is 2. The van der Waals surface area contributed by atoms with Crippen molar-refractivity contribution in [3.8, 4) is 10.6 Å². The van der Waals surface area contributed by atoms with Gasteiger partial charge in [0.1, 0.15) is 15.7 Å². The highest BCUT2D eigenvalue weighted by Crippen LogP contribution is 2.32. The highest BCUT2D eigenvalue weighted by atomic mass is 35.5. The van der Waals surface area contributed by atoms with Gasteiger partial charge in [0.25, 0.3) is 5.91 Å². The van der Waals surface area contributed by atoms with E-state index in [0.29, 0.717) is 21.2 Å². The van der Waals surface area contributed by atoms with Gasteiger partial charge in [-0.15, -0.1) is 11.3 Å². The van der Waals surface area contributed by atoms with E-state index in [1.54, 1.807) is 23.0 Å². The molecular weight excluding hydrogens is 425 g/mol. The van der Waals surface area contributed by atoms with Crippen LogP contribution in [-0.4, -0.2) is 45.2 Å². The van der Waals surface area contributed by atoms with Crippen LogP contribution in [0.3, 0.4) is 0 Å². The van der Waals surface area contributed by atoms with Crippen molar-refractivity contribution >= 4 is 28.8 Å². The molecule has 30 heavy (non-hydrogen) atoms. The van der Waals surface area contributed by atoms with E-state index in [1.165, 1.54) is 17.4 Å². The number of nitrogens with zero attached hydrogens (tertiary/aromatic N) is 4. The Kier molecular flexibility index (Phi) is 6.17. The maximum absolute atomic E-state index is 14.6. The number of thiazole rings is 1. The van der Waals surface area contributed by atoms with Crippen LogP contribution in [0.2, 0.25) is 5.02 Å². The molecule has 0 aliphatic carbocycles. The molecule has 1 N–H and O–H groups in total. The van der Waals surface area contributed by atoms with Crippen molar-refractivity contribution in [3.05, 3.63) is 57.6 Å². The standard InChI is InChI=1S/C21H23ClFN5OS/c1-13-19(30-21(26-13)14-10-25-27(2)12-14)20(29)24-11-17(28-8-3-4-9-28)18-15(22)6-5-7-16(18)23/h5-7,10,12,17H,3-4,8-9,11H2,1-2H3,(H,24,29). The first-order chi connectivity index (χ1) is 14.4. The predicted molar refractivity (Wildman–Crippen MR) is 116 cm³/mol. The average molecular weight is 448 g/mol. The van der Waals surface area contributed by atoms with Crippen LogP contribution >= 0.6 is 22.9 Å². The third-order valence-corrected chi connectivity index (χ3v) is 6.86. The minimum absolute atomic E-state index is 0.211. The lowest BCUT2D eigenvalue weighted by Gasteiger charge is -2.29. The molecule has 6 nitrogen and oxygen atoms in total. The first-order valence-electron chi connectivity index (χ1n) is 9.86. The summed E-state index contributed by atoms with van der Waals surface area (Å²) in [5.74, 6) is -0.557. The third kappa shape index (κ3) is 4.26. The van der Waals surface area contributed by atoms with Gasteiger partial charge in [-0.1, -0.05) is 17.7 Å². The van der Waals surface area contributed by atoms with Gasteiger partial charge >= 0.3 is 0 Å². The molecular formula is C21H23ClFN5OS. The summed E-state index contributed by atoms with van der Waals surface area (Å²) in [5, 5.41) is 8.28. The van der Waals surface area contributed by atoms with E-state index in [2.05, 4.69) is 20.3 Å². The van der Waals surface area contributed by atoms with Crippen molar-refractivity contribution in [2.24, 2.45) is 7.05 Å². The van der Waals surface area contributed by atoms with Crippen molar-refractivity contribution in [1.29, 1.82) is 0 Å². The molecule has 1 unspecified atom stereocenters. The van der Waals surface area contributed by atoms with Gasteiger partial charge < -0.3 is 5.32 Å². The number of benzene rings is 1. The maximum atomic E-state index is 14.6. The van der Waals surface area contributed by atoms with Gasteiger partial charge in [-0.05, 0) is 45.0 Å². The number of likely N-dealkylation sites (tertiary alicyclic amines) is 1. The molecule has 158 valence electrons. The first-order valence-corrected chi connectivity index (χ1v) is 11.1.